The van der Waals surface area contributed by atoms with Gasteiger partial charge in [0.05, 0.1) is 12.3 Å². The molecule has 0 aliphatic heterocycles. The van der Waals surface area contributed by atoms with E-state index in [1.807, 2.05) is 6.92 Å². The first-order valence-electron chi connectivity index (χ1n) is 6.90. The van der Waals surface area contributed by atoms with Gasteiger partial charge in [0.1, 0.15) is 5.75 Å². The van der Waals surface area contributed by atoms with Gasteiger partial charge in [0.2, 0.25) is 5.91 Å². The fraction of sp³-hybridized carbons (Fsp3) is 0.467. The maximum Gasteiger partial charge on any atom is 0.253 e. The largest absolute Gasteiger partial charge is 0.492 e. The summed E-state index contributed by atoms with van der Waals surface area (Å²) < 4.78 is 5.51. The second kappa shape index (κ2) is 9.27. The Balaban J connectivity index is 0.00000441. The van der Waals surface area contributed by atoms with Gasteiger partial charge in [-0.25, -0.2) is 0 Å². The van der Waals surface area contributed by atoms with Gasteiger partial charge in [-0.15, -0.1) is 12.4 Å². The van der Waals surface area contributed by atoms with Crippen LogP contribution in [0.2, 0.25) is 0 Å². The standard InChI is InChI=1S/C15H23N3O3.ClH/c1-5-21-13-8-11(15(20)18(3)4)6-7-12(13)17-14(19)10(2)9-16;/h6-8,10H,5,9,16H2,1-4H3,(H,17,19);1H. The van der Waals surface area contributed by atoms with E-state index in [9.17, 15) is 9.59 Å². The molecule has 7 heteroatoms. The van der Waals surface area contributed by atoms with Crippen molar-refractivity contribution in [1.82, 2.24) is 4.90 Å². The molecule has 0 heterocycles. The Morgan fingerprint density at radius 2 is 2.00 bits per heavy atom. The molecule has 0 aliphatic carbocycles. The number of ether oxygens (including phenoxy) is 1. The number of halogens is 1. The van der Waals surface area contributed by atoms with Gasteiger partial charge in [0, 0.05) is 32.1 Å². The van der Waals surface area contributed by atoms with E-state index in [4.69, 9.17) is 10.5 Å². The maximum absolute atomic E-state index is 12.0. The molecule has 1 atom stereocenters. The van der Waals surface area contributed by atoms with Crippen molar-refractivity contribution in [3.8, 4) is 5.75 Å². The number of benzene rings is 1. The van der Waals surface area contributed by atoms with Crippen molar-refractivity contribution in [2.75, 3.05) is 32.6 Å². The minimum Gasteiger partial charge on any atom is -0.492 e. The highest BCUT2D eigenvalue weighted by Gasteiger charge is 2.16. The Kier molecular flexibility index (Phi) is 8.52. The van der Waals surface area contributed by atoms with Crippen molar-refractivity contribution in [1.29, 1.82) is 0 Å². The summed E-state index contributed by atoms with van der Waals surface area (Å²) in [6, 6.07) is 4.96. The normalized spacial score (nSPS) is 11.1. The van der Waals surface area contributed by atoms with Crippen LogP contribution in [0.5, 0.6) is 5.75 Å². The quantitative estimate of drug-likeness (QED) is 0.832. The van der Waals surface area contributed by atoms with E-state index in [0.29, 0.717) is 23.6 Å². The summed E-state index contributed by atoms with van der Waals surface area (Å²) in [4.78, 5) is 25.3. The molecule has 3 N–H and O–H groups in total. The van der Waals surface area contributed by atoms with Crippen molar-refractivity contribution in [2.45, 2.75) is 13.8 Å². The number of carbonyl (C=O) groups is 2. The van der Waals surface area contributed by atoms with Gasteiger partial charge in [-0.2, -0.15) is 0 Å². The van der Waals surface area contributed by atoms with E-state index < -0.39 is 0 Å². The number of rotatable bonds is 6. The molecule has 124 valence electrons. The predicted molar refractivity (Wildman–Crippen MR) is 89.7 cm³/mol. The zero-order chi connectivity index (χ0) is 16.0. The minimum atomic E-state index is -0.289. The molecule has 0 spiro atoms. The van der Waals surface area contributed by atoms with E-state index in [1.165, 1.54) is 4.90 Å². The number of nitrogens with one attached hydrogen (secondary N) is 1. The van der Waals surface area contributed by atoms with Crippen LogP contribution in [-0.4, -0.2) is 44.0 Å². The lowest BCUT2D eigenvalue weighted by Crippen LogP contribution is -2.27. The van der Waals surface area contributed by atoms with Crippen molar-refractivity contribution >= 4 is 29.9 Å². The number of amides is 2. The lowest BCUT2D eigenvalue weighted by atomic mass is 10.1. The molecule has 0 radical (unpaired) electrons. The third kappa shape index (κ3) is 5.20. The van der Waals surface area contributed by atoms with Crippen LogP contribution < -0.4 is 15.8 Å². The first-order chi connectivity index (χ1) is 9.90. The summed E-state index contributed by atoms with van der Waals surface area (Å²) in [6.45, 7) is 4.30. The second-order valence-corrected chi connectivity index (χ2v) is 4.97. The van der Waals surface area contributed by atoms with Crippen molar-refractivity contribution in [3.63, 3.8) is 0 Å². The maximum atomic E-state index is 12.0. The molecular formula is C15H24ClN3O3. The SMILES string of the molecule is CCOc1cc(C(=O)N(C)C)ccc1NC(=O)C(C)CN.Cl. The van der Waals surface area contributed by atoms with Gasteiger partial charge in [-0.05, 0) is 25.1 Å². The molecule has 22 heavy (non-hydrogen) atoms. The Hall–Kier alpha value is -1.79. The van der Waals surface area contributed by atoms with E-state index >= 15 is 0 Å². The number of nitrogens with zero attached hydrogens (tertiary/aromatic N) is 1. The summed E-state index contributed by atoms with van der Waals surface area (Å²) in [7, 11) is 3.36. The third-order valence-corrected chi connectivity index (χ3v) is 2.99. The highest BCUT2D eigenvalue weighted by molar-refractivity contribution is 5.97. The monoisotopic (exact) mass is 329 g/mol. The van der Waals surface area contributed by atoms with Gasteiger partial charge >= 0.3 is 0 Å². The van der Waals surface area contributed by atoms with Gasteiger partial charge in [0.15, 0.2) is 0 Å². The Morgan fingerprint density at radius 1 is 1.36 bits per heavy atom. The average molecular weight is 330 g/mol. The summed E-state index contributed by atoms with van der Waals surface area (Å²) >= 11 is 0. The summed E-state index contributed by atoms with van der Waals surface area (Å²) in [5.41, 5.74) is 6.53. The summed E-state index contributed by atoms with van der Waals surface area (Å²) in [5.74, 6) is -0.111. The van der Waals surface area contributed by atoms with Crippen LogP contribution in [0.4, 0.5) is 5.69 Å². The lowest BCUT2D eigenvalue weighted by molar-refractivity contribution is -0.119. The van der Waals surface area contributed by atoms with Crippen LogP contribution in [0.25, 0.3) is 0 Å². The Morgan fingerprint density at radius 3 is 2.50 bits per heavy atom. The summed E-state index contributed by atoms with van der Waals surface area (Å²) in [6.07, 6.45) is 0. The fourth-order valence-electron chi connectivity index (χ4n) is 1.65. The molecule has 1 rings (SSSR count). The topological polar surface area (TPSA) is 84.7 Å². The molecule has 6 nitrogen and oxygen atoms in total. The molecule has 1 aromatic carbocycles. The van der Waals surface area contributed by atoms with E-state index in [1.54, 1.807) is 39.2 Å². The zero-order valence-electron chi connectivity index (χ0n) is 13.4. The van der Waals surface area contributed by atoms with Gasteiger partial charge < -0.3 is 20.7 Å². The van der Waals surface area contributed by atoms with Crippen LogP contribution in [0.3, 0.4) is 0 Å². The van der Waals surface area contributed by atoms with E-state index in [-0.39, 0.29) is 36.7 Å². The number of hydrogen-bond donors (Lipinski definition) is 2. The highest BCUT2D eigenvalue weighted by atomic mass is 35.5. The van der Waals surface area contributed by atoms with Crippen LogP contribution in [-0.2, 0) is 4.79 Å². The van der Waals surface area contributed by atoms with Crippen LogP contribution in [0.1, 0.15) is 24.2 Å². The van der Waals surface area contributed by atoms with Crippen molar-refractivity contribution in [3.05, 3.63) is 23.8 Å². The average Bonchev–Trinajstić information content (AvgIpc) is 2.47. The highest BCUT2D eigenvalue weighted by Crippen LogP contribution is 2.27. The molecule has 0 aliphatic rings. The molecule has 1 aromatic rings. The fourth-order valence-corrected chi connectivity index (χ4v) is 1.65. The van der Waals surface area contributed by atoms with Gasteiger partial charge in [-0.3, -0.25) is 9.59 Å². The molecule has 0 saturated carbocycles. The molecule has 0 bridgehead atoms. The minimum absolute atomic E-state index is 0. The first kappa shape index (κ1) is 20.2. The Bertz CT molecular complexity index is 521. The van der Waals surface area contributed by atoms with Gasteiger partial charge in [-0.1, -0.05) is 6.92 Å². The molecule has 0 aromatic heterocycles. The third-order valence-electron chi connectivity index (χ3n) is 2.99. The first-order valence-corrected chi connectivity index (χ1v) is 6.90. The predicted octanol–water partition coefficient (Wildman–Crippen LogP) is 1.74. The smallest absolute Gasteiger partial charge is 0.253 e. The van der Waals surface area contributed by atoms with Crippen LogP contribution in [0.15, 0.2) is 18.2 Å². The molecule has 2 amide bonds. The zero-order valence-corrected chi connectivity index (χ0v) is 14.2. The van der Waals surface area contributed by atoms with E-state index in [0.717, 1.165) is 0 Å². The number of anilines is 1. The lowest BCUT2D eigenvalue weighted by Gasteiger charge is -2.16. The van der Waals surface area contributed by atoms with Crippen LogP contribution >= 0.6 is 12.4 Å². The van der Waals surface area contributed by atoms with Crippen molar-refractivity contribution < 1.29 is 14.3 Å². The number of nitrogens with two attached hydrogens (primary N) is 1. The Labute approximate surface area is 137 Å². The molecule has 1 unspecified atom stereocenters. The van der Waals surface area contributed by atoms with E-state index in [2.05, 4.69) is 5.32 Å². The summed E-state index contributed by atoms with van der Waals surface area (Å²) in [5, 5.41) is 2.77. The molecule has 0 saturated heterocycles. The second-order valence-electron chi connectivity index (χ2n) is 4.97. The molecular weight excluding hydrogens is 306 g/mol. The number of carbonyl (C=O) groups excluding carboxylic acids is 2. The van der Waals surface area contributed by atoms with Crippen molar-refractivity contribution in [2.24, 2.45) is 11.7 Å². The van der Waals surface area contributed by atoms with Gasteiger partial charge in [0.25, 0.3) is 5.91 Å². The molecule has 0 fully saturated rings. The van der Waals surface area contributed by atoms with Crippen LogP contribution in [0, 0.1) is 5.92 Å². The number of hydrogen-bond acceptors (Lipinski definition) is 4.